The summed E-state index contributed by atoms with van der Waals surface area (Å²) in [7, 11) is 3.58. The molecule has 3 aliphatic rings. The maximum Gasteiger partial charge on any atom is 0.253 e. The Labute approximate surface area is 203 Å². The topological polar surface area (TPSA) is 98.1 Å². The number of hydrogen-bond donors (Lipinski definition) is 2. The van der Waals surface area contributed by atoms with Crippen molar-refractivity contribution >= 4 is 29.3 Å². The molecule has 0 saturated heterocycles. The molecule has 0 atom stereocenters. The van der Waals surface area contributed by atoms with Gasteiger partial charge in [-0.05, 0) is 49.0 Å². The van der Waals surface area contributed by atoms with Gasteiger partial charge in [-0.15, -0.1) is 0 Å². The smallest absolute Gasteiger partial charge is 0.253 e. The summed E-state index contributed by atoms with van der Waals surface area (Å²) >= 11 is 0. The number of ether oxygens (including phenoxy) is 1. The van der Waals surface area contributed by atoms with Crippen molar-refractivity contribution in [3.05, 3.63) is 59.0 Å². The van der Waals surface area contributed by atoms with Crippen LogP contribution >= 0.6 is 0 Å². The first-order chi connectivity index (χ1) is 17.0. The lowest BCUT2D eigenvalue weighted by Crippen LogP contribution is -2.21. The Kier molecular flexibility index (Phi) is 5.16. The molecule has 6 rings (SSSR count). The van der Waals surface area contributed by atoms with Crippen LogP contribution in [0.4, 0.5) is 5.82 Å². The number of nitrogens with zero attached hydrogens (tertiary/aromatic N) is 3. The summed E-state index contributed by atoms with van der Waals surface area (Å²) in [6, 6.07) is 6.16. The molecule has 8 nitrogen and oxygen atoms in total. The van der Waals surface area contributed by atoms with Gasteiger partial charge >= 0.3 is 0 Å². The van der Waals surface area contributed by atoms with Crippen molar-refractivity contribution in [1.29, 1.82) is 0 Å². The Balaban J connectivity index is 1.40. The largest absolute Gasteiger partial charge is 0.490 e. The lowest BCUT2D eigenvalue weighted by molar-refractivity contribution is -0.117. The molecule has 2 heterocycles. The Morgan fingerprint density at radius 3 is 2.66 bits per heavy atom. The molecule has 2 N–H and O–H groups in total. The third kappa shape index (κ3) is 4.09. The van der Waals surface area contributed by atoms with Crippen molar-refractivity contribution in [1.82, 2.24) is 19.9 Å². The molecule has 3 aliphatic carbocycles. The van der Waals surface area contributed by atoms with E-state index < -0.39 is 0 Å². The zero-order chi connectivity index (χ0) is 24.1. The number of imidazole rings is 1. The van der Waals surface area contributed by atoms with E-state index in [-0.39, 0.29) is 23.8 Å². The zero-order valence-electron chi connectivity index (χ0n) is 19.8. The van der Waals surface area contributed by atoms with E-state index in [0.29, 0.717) is 17.8 Å². The standard InChI is InChI=1S/C27H27N5O3/c1-28-27(34)22-14-30-24(31-26(33)15-3-4-15)21-12-17(11-20(21)22)19-8-5-16(25-29-9-10-32(25)2)13-23(19)35-18-6-7-18/h5,8-11,13-15,18H,3-4,6-7,12H2,1-2H3,(H,28,34)(H,30,31,33). The average Bonchev–Trinajstić information content (AvgIpc) is 3.78. The fourth-order valence-corrected chi connectivity index (χ4v) is 4.52. The number of benzene rings is 1. The maximum atomic E-state index is 12.6. The van der Waals surface area contributed by atoms with Crippen LogP contribution in [0, 0.1) is 5.92 Å². The molecule has 178 valence electrons. The monoisotopic (exact) mass is 469 g/mol. The van der Waals surface area contributed by atoms with Gasteiger partial charge in [0.2, 0.25) is 5.91 Å². The number of aromatic nitrogens is 3. The second-order valence-corrected chi connectivity index (χ2v) is 9.49. The molecule has 35 heavy (non-hydrogen) atoms. The number of fused-ring (bicyclic) bond motifs is 1. The quantitative estimate of drug-likeness (QED) is 0.548. The highest BCUT2D eigenvalue weighted by atomic mass is 16.5. The van der Waals surface area contributed by atoms with Crippen LogP contribution in [-0.4, -0.2) is 39.5 Å². The molecule has 0 unspecified atom stereocenters. The molecule has 8 heteroatoms. The Morgan fingerprint density at radius 1 is 1.14 bits per heavy atom. The van der Waals surface area contributed by atoms with Crippen LogP contribution in [-0.2, 0) is 18.3 Å². The number of aryl methyl sites for hydroxylation is 1. The molecule has 1 aromatic carbocycles. The van der Waals surface area contributed by atoms with Crippen LogP contribution in [0.25, 0.3) is 23.0 Å². The predicted molar refractivity (Wildman–Crippen MR) is 133 cm³/mol. The van der Waals surface area contributed by atoms with Gasteiger partial charge in [-0.1, -0.05) is 12.1 Å². The summed E-state index contributed by atoms with van der Waals surface area (Å²) in [5.41, 5.74) is 5.15. The number of rotatable bonds is 7. The van der Waals surface area contributed by atoms with Crippen LogP contribution in [0.3, 0.4) is 0 Å². The fourth-order valence-electron chi connectivity index (χ4n) is 4.52. The summed E-state index contributed by atoms with van der Waals surface area (Å²) < 4.78 is 8.32. The minimum absolute atomic E-state index is 0.00183. The van der Waals surface area contributed by atoms with E-state index in [1.807, 2.05) is 30.0 Å². The lowest BCUT2D eigenvalue weighted by Gasteiger charge is -2.15. The van der Waals surface area contributed by atoms with Crippen molar-refractivity contribution < 1.29 is 14.3 Å². The van der Waals surface area contributed by atoms with E-state index in [1.165, 1.54) is 0 Å². The van der Waals surface area contributed by atoms with E-state index in [4.69, 9.17) is 4.74 Å². The molecular formula is C27H27N5O3. The molecule has 3 aromatic rings. The summed E-state index contributed by atoms with van der Waals surface area (Å²) in [5.74, 6) is 2.08. The Hall–Kier alpha value is -3.94. The normalized spacial score (nSPS) is 16.5. The van der Waals surface area contributed by atoms with Gasteiger partial charge in [0.25, 0.3) is 5.91 Å². The molecule has 0 radical (unpaired) electrons. The third-order valence-corrected chi connectivity index (χ3v) is 6.80. The van der Waals surface area contributed by atoms with Crippen molar-refractivity contribution in [2.75, 3.05) is 12.4 Å². The minimum atomic E-state index is -0.203. The van der Waals surface area contributed by atoms with Gasteiger partial charge < -0.3 is 19.9 Å². The molecule has 2 fully saturated rings. The van der Waals surface area contributed by atoms with E-state index in [1.54, 1.807) is 19.4 Å². The van der Waals surface area contributed by atoms with E-state index in [2.05, 4.69) is 32.7 Å². The predicted octanol–water partition coefficient (Wildman–Crippen LogP) is 3.83. The molecule has 0 bridgehead atoms. The van der Waals surface area contributed by atoms with Gasteiger partial charge in [-0.25, -0.2) is 9.97 Å². The van der Waals surface area contributed by atoms with Gasteiger partial charge in [-0.2, -0.15) is 0 Å². The zero-order valence-corrected chi connectivity index (χ0v) is 19.8. The summed E-state index contributed by atoms with van der Waals surface area (Å²) in [6.45, 7) is 0. The van der Waals surface area contributed by atoms with Crippen molar-refractivity contribution in [2.45, 2.75) is 38.2 Å². The molecule has 2 aromatic heterocycles. The number of amides is 2. The number of carbonyl (C=O) groups excluding carboxylic acids is 2. The first-order valence-corrected chi connectivity index (χ1v) is 12.1. The van der Waals surface area contributed by atoms with Crippen LogP contribution in [0.5, 0.6) is 5.75 Å². The highest BCUT2D eigenvalue weighted by Gasteiger charge is 2.32. The maximum absolute atomic E-state index is 12.6. The highest BCUT2D eigenvalue weighted by molar-refractivity contribution is 6.05. The highest BCUT2D eigenvalue weighted by Crippen LogP contribution is 2.42. The van der Waals surface area contributed by atoms with Gasteiger partial charge in [-0.3, -0.25) is 9.59 Å². The van der Waals surface area contributed by atoms with Gasteiger partial charge in [0, 0.05) is 61.7 Å². The lowest BCUT2D eigenvalue weighted by atomic mass is 10.0. The first kappa shape index (κ1) is 21.6. The second kappa shape index (κ2) is 8.37. The van der Waals surface area contributed by atoms with Crippen LogP contribution < -0.4 is 15.4 Å². The Morgan fingerprint density at radius 2 is 1.97 bits per heavy atom. The number of hydrogen-bond acceptors (Lipinski definition) is 5. The molecular weight excluding hydrogens is 442 g/mol. The third-order valence-electron chi connectivity index (χ3n) is 6.80. The van der Waals surface area contributed by atoms with Crippen molar-refractivity contribution in [3.8, 4) is 17.1 Å². The summed E-state index contributed by atoms with van der Waals surface area (Å²) in [6.07, 6.45) is 12.0. The molecule has 0 aliphatic heterocycles. The number of anilines is 1. The van der Waals surface area contributed by atoms with Crippen LogP contribution in [0.15, 0.2) is 36.8 Å². The number of carbonyl (C=O) groups is 2. The van der Waals surface area contributed by atoms with Gasteiger partial charge in [0.05, 0.1) is 11.7 Å². The van der Waals surface area contributed by atoms with Crippen molar-refractivity contribution in [2.24, 2.45) is 13.0 Å². The minimum Gasteiger partial charge on any atom is -0.490 e. The van der Waals surface area contributed by atoms with E-state index in [0.717, 1.165) is 65.1 Å². The van der Waals surface area contributed by atoms with E-state index in [9.17, 15) is 9.59 Å². The van der Waals surface area contributed by atoms with Crippen LogP contribution in [0.1, 0.15) is 52.7 Å². The van der Waals surface area contributed by atoms with Gasteiger partial charge in [0.1, 0.15) is 17.4 Å². The number of pyridine rings is 1. The van der Waals surface area contributed by atoms with E-state index >= 15 is 0 Å². The fraction of sp³-hybridized carbons (Fsp3) is 0.333. The summed E-state index contributed by atoms with van der Waals surface area (Å²) in [4.78, 5) is 34.0. The first-order valence-electron chi connectivity index (χ1n) is 12.1. The Bertz CT molecular complexity index is 1380. The van der Waals surface area contributed by atoms with Gasteiger partial charge in [0.15, 0.2) is 0 Å². The molecule has 2 amide bonds. The molecule has 2 saturated carbocycles. The second-order valence-electron chi connectivity index (χ2n) is 9.49. The van der Waals surface area contributed by atoms with Crippen LogP contribution in [0.2, 0.25) is 0 Å². The SMILES string of the molecule is CNC(=O)c1cnc(NC(=O)C2CC2)c2c1C=C(c1ccc(-c3nccn3C)cc1OC1CC1)C2. The molecule has 0 spiro atoms. The summed E-state index contributed by atoms with van der Waals surface area (Å²) in [5, 5.41) is 5.69. The number of nitrogens with one attached hydrogen (secondary N) is 2. The number of allylic oxidation sites excluding steroid dienone is 1. The average molecular weight is 470 g/mol. The van der Waals surface area contributed by atoms with Crippen molar-refractivity contribution in [3.63, 3.8) is 0 Å².